The molecule has 0 aliphatic rings. The second-order valence-electron chi connectivity index (χ2n) is 5.09. The van der Waals surface area contributed by atoms with E-state index in [-0.39, 0.29) is 11.2 Å². The van der Waals surface area contributed by atoms with Gasteiger partial charge >= 0.3 is 0 Å². The van der Waals surface area contributed by atoms with Crippen LogP contribution in [0, 0.1) is 11.2 Å². The van der Waals surface area contributed by atoms with Gasteiger partial charge in [-0.1, -0.05) is 39.0 Å². The monoisotopic (exact) mass is 233 g/mol. The number of hydrogen-bond acceptors (Lipinski definition) is 1. The molecule has 1 nitrogen and oxygen atoms in total. The molecule has 0 aliphatic heterocycles. The van der Waals surface area contributed by atoms with Gasteiger partial charge in [-0.3, -0.25) is 0 Å². The van der Waals surface area contributed by atoms with Gasteiger partial charge in [0.05, 0.1) is 0 Å². The first kappa shape index (κ1) is 13.5. The fourth-order valence-corrected chi connectivity index (χ4v) is 1.72. The molecule has 1 rings (SSSR count). The zero-order valence-electron chi connectivity index (χ0n) is 10.9. The Morgan fingerprint density at radius 1 is 1.29 bits per heavy atom. The topological polar surface area (TPSA) is 26.0 Å². The molecule has 0 amide bonds. The highest BCUT2D eigenvalue weighted by Gasteiger charge is 2.20. The molecule has 0 radical (unpaired) electrons. The molecule has 0 fully saturated rings. The summed E-state index contributed by atoms with van der Waals surface area (Å²) in [5.74, 6) is -0.300. The SMILES string of the molecule is C/C=C\C=C(/c1ccc(F)cc1N)C(C)(C)C. The summed E-state index contributed by atoms with van der Waals surface area (Å²) in [7, 11) is 0. The molecule has 0 bridgehead atoms. The Labute approximate surface area is 103 Å². The Morgan fingerprint density at radius 3 is 2.41 bits per heavy atom. The number of hydrogen-bond donors (Lipinski definition) is 1. The number of halogens is 1. The van der Waals surface area contributed by atoms with Crippen LogP contribution in [0.3, 0.4) is 0 Å². The van der Waals surface area contributed by atoms with Crippen LogP contribution in [0.25, 0.3) is 5.57 Å². The van der Waals surface area contributed by atoms with Gasteiger partial charge in [-0.25, -0.2) is 4.39 Å². The van der Waals surface area contributed by atoms with E-state index < -0.39 is 0 Å². The lowest BCUT2D eigenvalue weighted by atomic mass is 9.81. The first-order valence-electron chi connectivity index (χ1n) is 5.75. The Morgan fingerprint density at radius 2 is 1.94 bits per heavy atom. The fourth-order valence-electron chi connectivity index (χ4n) is 1.72. The average molecular weight is 233 g/mol. The molecular weight excluding hydrogens is 213 g/mol. The molecule has 17 heavy (non-hydrogen) atoms. The number of benzene rings is 1. The third-order valence-electron chi connectivity index (χ3n) is 2.57. The van der Waals surface area contributed by atoms with Crippen molar-refractivity contribution in [2.24, 2.45) is 5.41 Å². The average Bonchev–Trinajstić information content (AvgIpc) is 2.19. The summed E-state index contributed by atoms with van der Waals surface area (Å²) in [6, 6.07) is 4.55. The molecular formula is C15H20FN. The Hall–Kier alpha value is -1.57. The van der Waals surface area contributed by atoms with Crippen molar-refractivity contribution in [3.63, 3.8) is 0 Å². The van der Waals surface area contributed by atoms with Crippen LogP contribution in [0.5, 0.6) is 0 Å². The highest BCUT2D eigenvalue weighted by Crippen LogP contribution is 2.36. The Balaban J connectivity index is 3.33. The van der Waals surface area contributed by atoms with Crippen molar-refractivity contribution < 1.29 is 4.39 Å². The van der Waals surface area contributed by atoms with Gasteiger partial charge in [0.2, 0.25) is 0 Å². The number of allylic oxidation sites excluding steroid dienone is 4. The highest BCUT2D eigenvalue weighted by molar-refractivity contribution is 5.78. The molecule has 0 saturated carbocycles. The summed E-state index contributed by atoms with van der Waals surface area (Å²) in [6.45, 7) is 8.31. The molecule has 0 atom stereocenters. The van der Waals surface area contributed by atoms with Gasteiger partial charge in [0.15, 0.2) is 0 Å². The van der Waals surface area contributed by atoms with Gasteiger partial charge in [0, 0.05) is 11.3 Å². The van der Waals surface area contributed by atoms with Crippen LogP contribution in [0.15, 0.2) is 36.4 Å². The summed E-state index contributed by atoms with van der Waals surface area (Å²) in [4.78, 5) is 0. The lowest BCUT2D eigenvalue weighted by Crippen LogP contribution is -2.10. The van der Waals surface area contributed by atoms with E-state index >= 15 is 0 Å². The first-order chi connectivity index (χ1) is 7.86. The fraction of sp³-hybridized carbons (Fsp3) is 0.333. The third kappa shape index (κ3) is 3.45. The van der Waals surface area contributed by atoms with E-state index in [4.69, 9.17) is 5.73 Å². The number of nitrogen functional groups attached to an aromatic ring is 1. The van der Waals surface area contributed by atoms with Crippen LogP contribution in [0.1, 0.15) is 33.3 Å². The molecule has 0 aliphatic carbocycles. The molecule has 0 heterocycles. The number of rotatable bonds is 2. The van der Waals surface area contributed by atoms with Crippen LogP contribution in [0.2, 0.25) is 0 Å². The van der Waals surface area contributed by atoms with Crippen LogP contribution >= 0.6 is 0 Å². The predicted molar refractivity (Wildman–Crippen MR) is 73.1 cm³/mol. The lowest BCUT2D eigenvalue weighted by molar-refractivity contribution is 0.566. The zero-order valence-corrected chi connectivity index (χ0v) is 10.9. The van der Waals surface area contributed by atoms with Gasteiger partial charge in [0.1, 0.15) is 5.82 Å². The van der Waals surface area contributed by atoms with E-state index in [1.54, 1.807) is 6.07 Å². The van der Waals surface area contributed by atoms with Crippen molar-refractivity contribution in [1.82, 2.24) is 0 Å². The van der Waals surface area contributed by atoms with Crippen molar-refractivity contribution in [2.45, 2.75) is 27.7 Å². The first-order valence-corrected chi connectivity index (χ1v) is 5.75. The second kappa shape index (κ2) is 5.17. The molecule has 0 aromatic heterocycles. The molecule has 1 aromatic rings. The molecule has 0 spiro atoms. The normalized spacial score (nSPS) is 13.4. The maximum atomic E-state index is 13.0. The van der Waals surface area contributed by atoms with E-state index in [1.807, 2.05) is 25.2 Å². The Bertz CT molecular complexity index is 450. The van der Waals surface area contributed by atoms with Crippen LogP contribution in [0.4, 0.5) is 10.1 Å². The van der Waals surface area contributed by atoms with Crippen molar-refractivity contribution in [1.29, 1.82) is 0 Å². The largest absolute Gasteiger partial charge is 0.398 e. The highest BCUT2D eigenvalue weighted by atomic mass is 19.1. The molecule has 0 unspecified atom stereocenters. The molecule has 2 N–H and O–H groups in total. The Kier molecular flexibility index (Phi) is 4.11. The van der Waals surface area contributed by atoms with Gasteiger partial charge in [-0.05, 0) is 36.1 Å². The van der Waals surface area contributed by atoms with E-state index in [9.17, 15) is 4.39 Å². The summed E-state index contributed by atoms with van der Waals surface area (Å²) in [6.07, 6.45) is 5.97. The summed E-state index contributed by atoms with van der Waals surface area (Å²) < 4.78 is 13.0. The van der Waals surface area contributed by atoms with Crippen molar-refractivity contribution >= 4 is 11.3 Å². The maximum absolute atomic E-state index is 13.0. The van der Waals surface area contributed by atoms with E-state index in [2.05, 4.69) is 20.8 Å². The minimum absolute atomic E-state index is 0.0363. The maximum Gasteiger partial charge on any atom is 0.125 e. The summed E-state index contributed by atoms with van der Waals surface area (Å²) in [5, 5.41) is 0. The van der Waals surface area contributed by atoms with Crippen LogP contribution < -0.4 is 5.73 Å². The van der Waals surface area contributed by atoms with Gasteiger partial charge < -0.3 is 5.73 Å². The van der Waals surface area contributed by atoms with Crippen molar-refractivity contribution in [2.75, 3.05) is 5.73 Å². The standard InChI is InChI=1S/C15H20FN/c1-5-6-7-13(15(2,3)4)12-9-8-11(16)10-14(12)17/h5-10H,17H2,1-4H3/b6-5-,13-7+. The van der Waals surface area contributed by atoms with Crippen LogP contribution in [-0.4, -0.2) is 0 Å². The van der Waals surface area contributed by atoms with Crippen molar-refractivity contribution in [3.8, 4) is 0 Å². The lowest BCUT2D eigenvalue weighted by Gasteiger charge is -2.24. The third-order valence-corrected chi connectivity index (χ3v) is 2.57. The minimum Gasteiger partial charge on any atom is -0.398 e. The van der Waals surface area contributed by atoms with Gasteiger partial charge in [0.25, 0.3) is 0 Å². The van der Waals surface area contributed by atoms with Crippen LogP contribution in [-0.2, 0) is 0 Å². The molecule has 0 saturated heterocycles. The van der Waals surface area contributed by atoms with Gasteiger partial charge in [-0.2, -0.15) is 0 Å². The van der Waals surface area contributed by atoms with Gasteiger partial charge in [-0.15, -0.1) is 0 Å². The van der Waals surface area contributed by atoms with E-state index in [0.29, 0.717) is 5.69 Å². The van der Waals surface area contributed by atoms with E-state index in [1.165, 1.54) is 12.1 Å². The second-order valence-corrected chi connectivity index (χ2v) is 5.09. The smallest absolute Gasteiger partial charge is 0.125 e. The zero-order chi connectivity index (χ0) is 13.1. The predicted octanol–water partition coefficient (Wildman–Crippen LogP) is 4.41. The minimum atomic E-state index is -0.300. The molecule has 92 valence electrons. The van der Waals surface area contributed by atoms with E-state index in [0.717, 1.165) is 11.1 Å². The summed E-state index contributed by atoms with van der Waals surface area (Å²) >= 11 is 0. The molecule has 1 aromatic carbocycles. The van der Waals surface area contributed by atoms with Crippen molar-refractivity contribution in [3.05, 3.63) is 47.8 Å². The number of nitrogens with two attached hydrogens (primary N) is 1. The summed E-state index contributed by atoms with van der Waals surface area (Å²) in [5.41, 5.74) is 8.34. The quantitative estimate of drug-likeness (QED) is 0.594. The number of anilines is 1. The molecule has 2 heteroatoms.